The topological polar surface area (TPSA) is 83.5 Å². The minimum atomic E-state index is -4.70. The van der Waals surface area contributed by atoms with Crippen molar-refractivity contribution in [2.75, 3.05) is 5.32 Å². The summed E-state index contributed by atoms with van der Waals surface area (Å²) in [6.45, 7) is 0. The normalized spacial score (nSPS) is 11.6. The molecule has 0 aromatic heterocycles. The van der Waals surface area contributed by atoms with Crippen LogP contribution in [0.25, 0.3) is 0 Å². The molecule has 0 spiro atoms. The van der Waals surface area contributed by atoms with E-state index in [1.165, 1.54) is 12.1 Å². The van der Waals surface area contributed by atoms with E-state index in [0.29, 0.717) is 0 Å². The van der Waals surface area contributed by atoms with E-state index in [1.807, 2.05) is 0 Å². The van der Waals surface area contributed by atoms with Gasteiger partial charge >= 0.3 is 6.18 Å². The summed E-state index contributed by atoms with van der Waals surface area (Å²) >= 11 is 0. The van der Waals surface area contributed by atoms with Gasteiger partial charge in [-0.15, -0.1) is 0 Å². The molecule has 19 heavy (non-hydrogen) atoms. The molecule has 0 aliphatic heterocycles. The molecule has 1 amide bonds. The highest BCUT2D eigenvalue weighted by Crippen LogP contribution is 2.23. The molecule has 0 saturated carbocycles. The highest BCUT2D eigenvalue weighted by Gasteiger charge is 2.31. The number of carbonyl (C=O) groups excluding carboxylic acids is 1. The van der Waals surface area contributed by atoms with E-state index < -0.39 is 39.2 Å². The van der Waals surface area contributed by atoms with Crippen LogP contribution < -0.4 is 5.32 Å². The van der Waals surface area contributed by atoms with Crippen LogP contribution in [0, 0.1) is 0 Å². The Morgan fingerprint density at radius 1 is 1.26 bits per heavy atom. The van der Waals surface area contributed by atoms with Crippen LogP contribution in [0.4, 0.5) is 18.9 Å². The van der Waals surface area contributed by atoms with Crippen molar-refractivity contribution < 1.29 is 30.9 Å². The van der Waals surface area contributed by atoms with E-state index in [4.69, 9.17) is 4.55 Å². The minimum Gasteiger partial charge on any atom is -0.325 e. The summed E-state index contributed by atoms with van der Waals surface area (Å²) < 4.78 is 66.4. The number of para-hydroxylation sites is 1. The zero-order chi connectivity index (χ0) is 14.0. The van der Waals surface area contributed by atoms with Crippen LogP contribution in [0.15, 0.2) is 29.2 Å². The molecule has 1 aromatic rings. The first-order valence-electron chi connectivity index (χ1n) is 4.53. The summed E-state index contributed by atoms with van der Waals surface area (Å²) in [4.78, 5) is 10.3. The van der Waals surface area contributed by atoms with Gasteiger partial charge in [-0.05, 0) is 12.1 Å². The lowest BCUT2D eigenvalue weighted by Gasteiger charge is -2.10. The number of hydrogen-bond donors (Lipinski definition) is 2. The van der Waals surface area contributed by atoms with Crippen molar-refractivity contribution in [1.82, 2.24) is 0 Å². The monoisotopic (exact) mass is 299 g/mol. The number of amides is 1. The zero-order valence-electron chi connectivity index (χ0n) is 8.73. The fourth-order valence-corrected chi connectivity index (χ4v) is 1.82. The summed E-state index contributed by atoms with van der Waals surface area (Å²) in [5.74, 6) is -1.42. The predicted molar refractivity (Wildman–Crippen MR) is 62.3 cm³/mol. The number of hydrogen-bond acceptors (Lipinski definition) is 3. The number of carbonyl (C=O) groups is 1. The van der Waals surface area contributed by atoms with E-state index in [0.717, 1.165) is 12.1 Å². The van der Waals surface area contributed by atoms with Crippen molar-refractivity contribution in [1.29, 1.82) is 0 Å². The third kappa shape index (κ3) is 5.71. The largest absolute Gasteiger partial charge is 0.397 e. The van der Waals surface area contributed by atoms with Crippen LogP contribution in [-0.4, -0.2) is 25.1 Å². The van der Waals surface area contributed by atoms with Crippen molar-refractivity contribution in [3.63, 3.8) is 0 Å². The van der Waals surface area contributed by atoms with Crippen LogP contribution in [0.1, 0.15) is 13.8 Å². The van der Waals surface area contributed by atoms with Crippen LogP contribution in [0.5, 0.6) is 0 Å². The molecule has 0 aliphatic rings. The van der Waals surface area contributed by atoms with Gasteiger partial charge in [0.1, 0.15) is 11.3 Å². The number of nitrogens with one attached hydrogen (secondary N) is 1. The Bertz CT molecular complexity index is 554. The van der Waals surface area contributed by atoms with Gasteiger partial charge in [0.15, 0.2) is 0 Å². The predicted octanol–water partition coefficient (Wildman–Crippen LogP) is 2.46. The molecule has 0 saturated heterocycles. The van der Waals surface area contributed by atoms with Crippen molar-refractivity contribution in [2.24, 2.45) is 0 Å². The maximum atomic E-state index is 11.9. The molecule has 1 rings (SSSR count). The van der Waals surface area contributed by atoms with Crippen LogP contribution >= 0.6 is 0 Å². The highest BCUT2D eigenvalue weighted by molar-refractivity contribution is 7.86. The number of anilines is 1. The average Bonchev–Trinajstić information content (AvgIpc) is 2.13. The third-order valence-corrected chi connectivity index (χ3v) is 2.71. The SMILES string of the molecule is C.O=C(CC(F)(F)F)Nc1ccccc1S(=O)(=O)O. The number of rotatable bonds is 3. The van der Waals surface area contributed by atoms with Gasteiger partial charge in [-0.1, -0.05) is 19.6 Å². The van der Waals surface area contributed by atoms with Gasteiger partial charge in [0.05, 0.1) is 5.69 Å². The lowest BCUT2D eigenvalue weighted by atomic mass is 10.3. The maximum Gasteiger partial charge on any atom is 0.397 e. The summed E-state index contributed by atoms with van der Waals surface area (Å²) in [7, 11) is -4.62. The average molecular weight is 299 g/mol. The van der Waals surface area contributed by atoms with Gasteiger partial charge in [-0.3, -0.25) is 9.35 Å². The molecule has 108 valence electrons. The molecule has 9 heteroatoms. The Kier molecular flexibility index (Phi) is 5.51. The Morgan fingerprint density at radius 2 is 1.79 bits per heavy atom. The van der Waals surface area contributed by atoms with E-state index in [9.17, 15) is 26.4 Å². The van der Waals surface area contributed by atoms with E-state index in [1.54, 1.807) is 5.32 Å². The van der Waals surface area contributed by atoms with Crippen molar-refractivity contribution in [3.8, 4) is 0 Å². The standard InChI is InChI=1S/C9H8F3NO4S.CH4/c10-9(11,12)5-8(14)13-6-3-1-2-4-7(6)18(15,16)17;/h1-4H,5H2,(H,13,14)(H,15,16,17);1H4. The molecule has 0 heterocycles. The summed E-state index contributed by atoms with van der Waals surface area (Å²) in [6, 6.07) is 4.58. The Hall–Kier alpha value is -1.61. The molecule has 2 N–H and O–H groups in total. The molecule has 0 aliphatic carbocycles. The van der Waals surface area contributed by atoms with Crippen molar-refractivity contribution >= 4 is 21.7 Å². The van der Waals surface area contributed by atoms with Gasteiger partial charge in [0, 0.05) is 0 Å². The third-order valence-electron chi connectivity index (χ3n) is 1.80. The Balaban J connectivity index is 0.00000324. The van der Waals surface area contributed by atoms with Crippen LogP contribution in [0.2, 0.25) is 0 Å². The smallest absolute Gasteiger partial charge is 0.325 e. The van der Waals surface area contributed by atoms with Gasteiger partial charge in [-0.25, -0.2) is 0 Å². The second kappa shape index (κ2) is 6.02. The first kappa shape index (κ1) is 17.4. The molecule has 0 unspecified atom stereocenters. The molecular formula is C10H12F3NO4S. The fraction of sp³-hybridized carbons (Fsp3) is 0.300. The summed E-state index contributed by atoms with van der Waals surface area (Å²) in [6.07, 6.45) is -6.44. The molecule has 1 aromatic carbocycles. The van der Waals surface area contributed by atoms with Gasteiger partial charge in [-0.2, -0.15) is 21.6 Å². The molecule has 0 bridgehead atoms. The maximum absolute atomic E-state index is 11.9. The van der Waals surface area contributed by atoms with E-state index in [2.05, 4.69) is 0 Å². The van der Waals surface area contributed by atoms with Crippen LogP contribution in [-0.2, 0) is 14.9 Å². The lowest BCUT2D eigenvalue weighted by molar-refractivity contribution is -0.150. The van der Waals surface area contributed by atoms with Gasteiger partial charge in [0.25, 0.3) is 10.1 Å². The summed E-state index contributed by atoms with van der Waals surface area (Å²) in [5.41, 5.74) is -0.408. The van der Waals surface area contributed by atoms with E-state index >= 15 is 0 Å². The quantitative estimate of drug-likeness (QED) is 0.840. The number of alkyl halides is 3. The number of halogens is 3. The van der Waals surface area contributed by atoms with Gasteiger partial charge in [0.2, 0.25) is 5.91 Å². The van der Waals surface area contributed by atoms with Crippen molar-refractivity contribution in [2.45, 2.75) is 24.9 Å². The van der Waals surface area contributed by atoms with Crippen LogP contribution in [0.3, 0.4) is 0 Å². The first-order valence-corrected chi connectivity index (χ1v) is 5.97. The number of benzene rings is 1. The van der Waals surface area contributed by atoms with Gasteiger partial charge < -0.3 is 5.32 Å². The van der Waals surface area contributed by atoms with Crippen molar-refractivity contribution in [3.05, 3.63) is 24.3 Å². The Morgan fingerprint density at radius 3 is 2.26 bits per heavy atom. The lowest BCUT2D eigenvalue weighted by Crippen LogP contribution is -2.22. The zero-order valence-corrected chi connectivity index (χ0v) is 9.55. The Labute approximate surface area is 108 Å². The first-order chi connectivity index (χ1) is 8.09. The summed E-state index contributed by atoms with van der Waals surface area (Å²) in [5, 5.41) is 1.78. The molecule has 0 radical (unpaired) electrons. The van der Waals surface area contributed by atoms with E-state index in [-0.39, 0.29) is 7.43 Å². The molecule has 5 nitrogen and oxygen atoms in total. The second-order valence-electron chi connectivity index (χ2n) is 3.31. The minimum absolute atomic E-state index is 0. The molecule has 0 atom stereocenters. The second-order valence-corrected chi connectivity index (χ2v) is 4.70. The molecule has 0 fully saturated rings. The highest BCUT2D eigenvalue weighted by atomic mass is 32.2. The fourth-order valence-electron chi connectivity index (χ4n) is 1.17. The molecular weight excluding hydrogens is 287 g/mol.